The maximum atomic E-state index is 12.1. The summed E-state index contributed by atoms with van der Waals surface area (Å²) in [5.41, 5.74) is 1.96. The molecule has 1 aliphatic heterocycles. The molecule has 1 unspecified atom stereocenters. The van der Waals surface area contributed by atoms with Gasteiger partial charge in [-0.15, -0.1) is 0 Å². The van der Waals surface area contributed by atoms with Crippen LogP contribution in [0, 0.1) is 6.92 Å². The Morgan fingerprint density at radius 1 is 1.15 bits per heavy atom. The van der Waals surface area contributed by atoms with Crippen LogP contribution in [0.1, 0.15) is 48.6 Å². The standard InChI is InChI=1S/C29H34N2O8S2/c1-20-9-12-23(38-24-13-10-22(11-14-24)27-19-28(32)31-41(27,35)36)7-4-5-8-25(20)39-26-15-16-29(30-21(26)2)37-17-6-18-40(3,33)34/h4-5,8,10-11,13-16,23,27H,1,6-7,9,12,17-19H2,2-3H3,(H,31,32)/b5-4-,25-8+/t23-,27?/m0/s1. The van der Waals surface area contributed by atoms with Crippen LogP contribution in [0.4, 0.5) is 0 Å². The Labute approximate surface area is 241 Å². The van der Waals surface area contributed by atoms with Crippen molar-refractivity contribution in [2.75, 3.05) is 18.6 Å². The predicted octanol–water partition coefficient (Wildman–Crippen LogP) is 4.10. The van der Waals surface area contributed by atoms with E-state index < -0.39 is 31.0 Å². The van der Waals surface area contributed by atoms with Crippen LogP contribution in [0.5, 0.6) is 17.4 Å². The quantitative estimate of drug-likeness (QED) is 0.398. The highest BCUT2D eigenvalue weighted by molar-refractivity contribution is 7.91. The molecule has 1 aromatic heterocycles. The summed E-state index contributed by atoms with van der Waals surface area (Å²) in [5.74, 6) is 1.73. The number of sulfone groups is 1. The average molecular weight is 603 g/mol. The Bertz CT molecular complexity index is 1560. The second-order valence-electron chi connectivity index (χ2n) is 10.1. The molecule has 12 heteroatoms. The number of nitrogens with one attached hydrogen (secondary N) is 1. The van der Waals surface area contributed by atoms with Gasteiger partial charge >= 0.3 is 0 Å². The normalized spacial score (nSPS) is 22.8. The zero-order valence-electron chi connectivity index (χ0n) is 23.0. The van der Waals surface area contributed by atoms with Crippen LogP contribution in [0.2, 0.25) is 0 Å². The van der Waals surface area contributed by atoms with Crippen molar-refractivity contribution in [2.45, 2.75) is 50.4 Å². The Morgan fingerprint density at radius 3 is 2.56 bits per heavy atom. The number of benzene rings is 1. The highest BCUT2D eigenvalue weighted by Crippen LogP contribution is 2.32. The maximum absolute atomic E-state index is 12.1. The molecule has 2 aromatic rings. The summed E-state index contributed by atoms with van der Waals surface area (Å²) in [7, 11) is -6.73. The predicted molar refractivity (Wildman–Crippen MR) is 155 cm³/mol. The van der Waals surface area contributed by atoms with Crippen LogP contribution in [0.25, 0.3) is 0 Å². The van der Waals surface area contributed by atoms with Crippen molar-refractivity contribution < 1.29 is 35.8 Å². The number of rotatable bonds is 10. The number of ether oxygens (including phenoxy) is 3. The van der Waals surface area contributed by atoms with Crippen LogP contribution in [-0.4, -0.2) is 52.4 Å². The van der Waals surface area contributed by atoms with Gasteiger partial charge in [-0.05, 0) is 61.6 Å². The SMILES string of the molecule is C=C1CC[C@@H](Oc2ccc(C3CC(=O)NS3(=O)=O)cc2)C/C=C\C=C/1Oc1ccc(OCCCS(C)(=O)=O)nc1C. The third kappa shape index (κ3) is 8.67. The number of allylic oxidation sites excluding steroid dienone is 3. The lowest BCUT2D eigenvalue weighted by Crippen LogP contribution is -2.21. The zero-order valence-corrected chi connectivity index (χ0v) is 24.7. The monoisotopic (exact) mass is 602 g/mol. The summed E-state index contributed by atoms with van der Waals surface area (Å²) in [6.07, 6.45) is 9.05. The molecule has 220 valence electrons. The number of hydrogen-bond donors (Lipinski definition) is 1. The van der Waals surface area contributed by atoms with Gasteiger partial charge in [-0.1, -0.05) is 30.9 Å². The molecular weight excluding hydrogens is 568 g/mol. The lowest BCUT2D eigenvalue weighted by molar-refractivity contribution is -0.118. The fourth-order valence-corrected chi connectivity index (χ4v) is 6.49. The van der Waals surface area contributed by atoms with Crippen LogP contribution < -0.4 is 18.9 Å². The van der Waals surface area contributed by atoms with E-state index in [1.54, 1.807) is 43.3 Å². The molecule has 0 spiro atoms. The molecular formula is C29H34N2O8S2. The van der Waals surface area contributed by atoms with E-state index in [-0.39, 0.29) is 24.9 Å². The van der Waals surface area contributed by atoms with E-state index in [0.29, 0.717) is 60.1 Å². The van der Waals surface area contributed by atoms with Crippen LogP contribution in [0.3, 0.4) is 0 Å². The maximum Gasteiger partial charge on any atom is 0.242 e. The molecule has 2 aliphatic rings. The number of aromatic nitrogens is 1. The van der Waals surface area contributed by atoms with E-state index >= 15 is 0 Å². The van der Waals surface area contributed by atoms with Crippen molar-refractivity contribution in [2.24, 2.45) is 0 Å². The summed E-state index contributed by atoms with van der Waals surface area (Å²) in [6.45, 7) is 6.26. The van der Waals surface area contributed by atoms with Crippen LogP contribution >= 0.6 is 0 Å². The van der Waals surface area contributed by atoms with Crippen molar-refractivity contribution >= 4 is 25.8 Å². The summed E-state index contributed by atoms with van der Waals surface area (Å²) in [6, 6.07) is 10.2. The first-order valence-electron chi connectivity index (χ1n) is 13.2. The van der Waals surface area contributed by atoms with Gasteiger partial charge in [0.25, 0.3) is 0 Å². The summed E-state index contributed by atoms with van der Waals surface area (Å²) in [5, 5.41) is -0.890. The van der Waals surface area contributed by atoms with Crippen molar-refractivity contribution in [1.29, 1.82) is 0 Å². The first kappa shape index (κ1) is 30.3. The first-order chi connectivity index (χ1) is 19.4. The molecule has 1 N–H and O–H groups in total. The molecule has 2 heterocycles. The van der Waals surface area contributed by atoms with Gasteiger partial charge in [0.15, 0.2) is 0 Å². The number of aryl methyl sites for hydroxylation is 1. The van der Waals surface area contributed by atoms with Gasteiger partial charge in [-0.25, -0.2) is 21.8 Å². The minimum Gasteiger partial charge on any atom is -0.490 e. The highest BCUT2D eigenvalue weighted by Gasteiger charge is 2.37. The van der Waals surface area contributed by atoms with Crippen LogP contribution in [0.15, 0.2) is 72.5 Å². The Hall–Kier alpha value is -3.64. The molecule has 1 aliphatic carbocycles. The van der Waals surface area contributed by atoms with Crippen molar-refractivity contribution in [1.82, 2.24) is 9.71 Å². The molecule has 10 nitrogen and oxygen atoms in total. The summed E-state index contributed by atoms with van der Waals surface area (Å²) in [4.78, 5) is 16.0. The van der Waals surface area contributed by atoms with Gasteiger partial charge in [0.2, 0.25) is 21.8 Å². The second-order valence-corrected chi connectivity index (χ2v) is 14.2. The van der Waals surface area contributed by atoms with E-state index in [1.807, 2.05) is 23.0 Å². The molecule has 0 saturated carbocycles. The van der Waals surface area contributed by atoms with Gasteiger partial charge in [-0.3, -0.25) is 9.52 Å². The van der Waals surface area contributed by atoms with Gasteiger partial charge in [-0.2, -0.15) is 0 Å². The fourth-order valence-electron chi connectivity index (χ4n) is 4.42. The van der Waals surface area contributed by atoms with E-state index in [9.17, 15) is 21.6 Å². The Kier molecular flexibility index (Phi) is 9.54. The molecule has 2 atom stereocenters. The van der Waals surface area contributed by atoms with Crippen LogP contribution in [-0.2, 0) is 24.7 Å². The molecule has 0 radical (unpaired) electrons. The molecule has 1 saturated heterocycles. The van der Waals surface area contributed by atoms with E-state index in [1.165, 1.54) is 6.26 Å². The third-order valence-corrected chi connectivity index (χ3v) is 9.33. The minimum absolute atomic E-state index is 0.0586. The molecule has 0 bridgehead atoms. The van der Waals surface area contributed by atoms with Gasteiger partial charge in [0.05, 0.1) is 24.5 Å². The lowest BCUT2D eigenvalue weighted by Gasteiger charge is -2.19. The average Bonchev–Trinajstić information content (AvgIpc) is 3.22. The minimum atomic E-state index is -3.70. The van der Waals surface area contributed by atoms with E-state index in [0.717, 1.165) is 5.57 Å². The van der Waals surface area contributed by atoms with Crippen molar-refractivity contribution in [3.63, 3.8) is 0 Å². The Morgan fingerprint density at radius 2 is 1.90 bits per heavy atom. The van der Waals surface area contributed by atoms with Gasteiger partial charge < -0.3 is 14.2 Å². The highest BCUT2D eigenvalue weighted by atomic mass is 32.2. The number of carbonyl (C=O) groups excluding carboxylic acids is 1. The third-order valence-electron chi connectivity index (χ3n) is 6.60. The number of hydrogen-bond acceptors (Lipinski definition) is 9. The molecule has 1 aromatic carbocycles. The number of carbonyl (C=O) groups is 1. The molecule has 4 rings (SSSR count). The molecule has 1 fully saturated rings. The molecule has 41 heavy (non-hydrogen) atoms. The summed E-state index contributed by atoms with van der Waals surface area (Å²) < 4.78 is 66.7. The first-order valence-corrected chi connectivity index (χ1v) is 16.8. The number of sulfonamides is 1. The summed E-state index contributed by atoms with van der Waals surface area (Å²) >= 11 is 0. The molecule has 1 amide bonds. The second kappa shape index (κ2) is 12.9. The number of pyridine rings is 1. The zero-order chi connectivity index (χ0) is 29.6. The van der Waals surface area contributed by atoms with E-state index in [4.69, 9.17) is 14.2 Å². The topological polar surface area (TPSA) is 138 Å². The van der Waals surface area contributed by atoms with Gasteiger partial charge in [0.1, 0.15) is 38.4 Å². The Balaban J connectivity index is 1.31. The largest absolute Gasteiger partial charge is 0.490 e. The fraction of sp³-hybridized carbons (Fsp3) is 0.379. The van der Waals surface area contributed by atoms with Crippen molar-refractivity contribution in [3.8, 4) is 17.4 Å². The van der Waals surface area contributed by atoms with Gasteiger partial charge in [0, 0.05) is 18.7 Å². The number of amides is 1. The smallest absolute Gasteiger partial charge is 0.242 e. The lowest BCUT2D eigenvalue weighted by atomic mass is 10.1. The van der Waals surface area contributed by atoms with E-state index in [2.05, 4.69) is 11.6 Å². The number of nitrogens with zero attached hydrogens (tertiary/aromatic N) is 1. The van der Waals surface area contributed by atoms with Crippen molar-refractivity contribution in [3.05, 3.63) is 83.8 Å².